The van der Waals surface area contributed by atoms with Crippen molar-refractivity contribution in [3.05, 3.63) is 59.8 Å². The van der Waals surface area contributed by atoms with E-state index in [-0.39, 0.29) is 17.6 Å². The third kappa shape index (κ3) is 5.43. The summed E-state index contributed by atoms with van der Waals surface area (Å²) in [5.74, 6) is 1.03. The van der Waals surface area contributed by atoms with Crippen molar-refractivity contribution in [3.8, 4) is 0 Å². The molecule has 2 heterocycles. The molecule has 0 atom stereocenters. The summed E-state index contributed by atoms with van der Waals surface area (Å²) in [5, 5.41) is 3.04. The molecule has 1 amide bonds. The van der Waals surface area contributed by atoms with Gasteiger partial charge in [0.1, 0.15) is 11.6 Å². The van der Waals surface area contributed by atoms with E-state index in [9.17, 15) is 9.18 Å². The standard InChI is InChI=1S/C20H25FN2O2/c21-18-7-5-16(6-8-18)15-23-12-9-17(10-13-23)20(24)22-11-1-3-19-4-2-14-25-19/h2,4-8,14,17H,1,3,9-13,15H2,(H,22,24). The molecule has 25 heavy (non-hydrogen) atoms. The molecule has 5 heteroatoms. The van der Waals surface area contributed by atoms with E-state index in [4.69, 9.17) is 4.42 Å². The molecule has 0 bridgehead atoms. The third-order valence-electron chi connectivity index (χ3n) is 4.76. The van der Waals surface area contributed by atoms with Crippen LogP contribution in [0.1, 0.15) is 30.6 Å². The van der Waals surface area contributed by atoms with Crippen LogP contribution in [0, 0.1) is 11.7 Å². The van der Waals surface area contributed by atoms with Gasteiger partial charge in [0.2, 0.25) is 5.91 Å². The highest BCUT2D eigenvalue weighted by Crippen LogP contribution is 2.19. The van der Waals surface area contributed by atoms with E-state index in [0.717, 1.165) is 56.6 Å². The Morgan fingerprint density at radius 1 is 1.20 bits per heavy atom. The molecule has 0 radical (unpaired) electrons. The number of amides is 1. The summed E-state index contributed by atoms with van der Waals surface area (Å²) in [4.78, 5) is 14.6. The lowest BCUT2D eigenvalue weighted by atomic mass is 9.95. The van der Waals surface area contributed by atoms with Crippen LogP contribution in [0.25, 0.3) is 0 Å². The maximum Gasteiger partial charge on any atom is 0.223 e. The van der Waals surface area contributed by atoms with Gasteiger partial charge in [0.05, 0.1) is 6.26 Å². The fraction of sp³-hybridized carbons (Fsp3) is 0.450. The molecule has 0 unspecified atom stereocenters. The number of hydrogen-bond donors (Lipinski definition) is 1. The highest BCUT2D eigenvalue weighted by molar-refractivity contribution is 5.78. The Morgan fingerprint density at radius 2 is 1.96 bits per heavy atom. The number of carbonyl (C=O) groups is 1. The van der Waals surface area contributed by atoms with E-state index in [1.54, 1.807) is 6.26 Å². The fourth-order valence-corrected chi connectivity index (χ4v) is 3.27. The van der Waals surface area contributed by atoms with E-state index < -0.39 is 0 Å². The SMILES string of the molecule is O=C(NCCCc1ccco1)C1CCN(Cc2ccc(F)cc2)CC1. The second-order valence-corrected chi connectivity index (χ2v) is 6.65. The first-order valence-corrected chi connectivity index (χ1v) is 8.97. The summed E-state index contributed by atoms with van der Waals surface area (Å²) in [6.07, 6.45) is 5.18. The minimum Gasteiger partial charge on any atom is -0.469 e. The number of carbonyl (C=O) groups excluding carboxylic acids is 1. The summed E-state index contributed by atoms with van der Waals surface area (Å²) in [6.45, 7) is 3.32. The van der Waals surface area contributed by atoms with Crippen molar-refractivity contribution in [1.82, 2.24) is 10.2 Å². The fourth-order valence-electron chi connectivity index (χ4n) is 3.27. The van der Waals surface area contributed by atoms with Gasteiger partial charge in [-0.3, -0.25) is 9.69 Å². The van der Waals surface area contributed by atoms with Gasteiger partial charge >= 0.3 is 0 Å². The first kappa shape index (κ1) is 17.7. The number of rotatable bonds is 7. The number of halogens is 1. The third-order valence-corrected chi connectivity index (χ3v) is 4.76. The van der Waals surface area contributed by atoms with Crippen LogP contribution in [0.2, 0.25) is 0 Å². The molecule has 1 fully saturated rings. The maximum atomic E-state index is 12.9. The zero-order valence-corrected chi connectivity index (χ0v) is 14.4. The number of aryl methyl sites for hydroxylation is 1. The number of benzene rings is 1. The molecule has 0 aliphatic carbocycles. The predicted molar refractivity (Wildman–Crippen MR) is 94.4 cm³/mol. The highest BCUT2D eigenvalue weighted by atomic mass is 19.1. The van der Waals surface area contributed by atoms with Gasteiger partial charge in [0.25, 0.3) is 0 Å². The Hall–Kier alpha value is -2.14. The molecular weight excluding hydrogens is 319 g/mol. The number of piperidine rings is 1. The Kier molecular flexibility index (Phi) is 6.23. The van der Waals surface area contributed by atoms with Crippen molar-refractivity contribution >= 4 is 5.91 Å². The number of nitrogens with one attached hydrogen (secondary N) is 1. The van der Waals surface area contributed by atoms with Gasteiger partial charge in [-0.25, -0.2) is 4.39 Å². The monoisotopic (exact) mass is 344 g/mol. The Balaban J connectivity index is 1.33. The molecule has 1 aromatic heterocycles. The van der Waals surface area contributed by atoms with Gasteiger partial charge in [-0.15, -0.1) is 0 Å². The molecule has 1 aromatic carbocycles. The van der Waals surface area contributed by atoms with Crippen LogP contribution in [-0.2, 0) is 17.8 Å². The molecule has 1 aliphatic rings. The molecule has 3 rings (SSSR count). The van der Waals surface area contributed by atoms with E-state index in [1.165, 1.54) is 12.1 Å². The summed E-state index contributed by atoms with van der Waals surface area (Å²) in [7, 11) is 0. The van der Waals surface area contributed by atoms with Crippen molar-refractivity contribution in [3.63, 3.8) is 0 Å². The summed E-state index contributed by atoms with van der Waals surface area (Å²) in [5.41, 5.74) is 1.11. The number of hydrogen-bond acceptors (Lipinski definition) is 3. The van der Waals surface area contributed by atoms with Gasteiger partial charge in [-0.2, -0.15) is 0 Å². The Labute approximate surface area is 148 Å². The van der Waals surface area contributed by atoms with Crippen molar-refractivity contribution < 1.29 is 13.6 Å². The number of nitrogens with zero attached hydrogens (tertiary/aromatic N) is 1. The van der Waals surface area contributed by atoms with E-state index in [2.05, 4.69) is 10.2 Å². The lowest BCUT2D eigenvalue weighted by molar-refractivity contribution is -0.126. The molecule has 134 valence electrons. The lowest BCUT2D eigenvalue weighted by Crippen LogP contribution is -2.40. The van der Waals surface area contributed by atoms with Crippen LogP contribution in [0.4, 0.5) is 4.39 Å². The van der Waals surface area contributed by atoms with Crippen LogP contribution in [-0.4, -0.2) is 30.4 Å². The normalized spacial score (nSPS) is 16.0. The molecule has 2 aromatic rings. The van der Waals surface area contributed by atoms with Crippen LogP contribution in [0.3, 0.4) is 0 Å². The topological polar surface area (TPSA) is 45.5 Å². The van der Waals surface area contributed by atoms with Crippen molar-refractivity contribution in [2.75, 3.05) is 19.6 Å². The summed E-state index contributed by atoms with van der Waals surface area (Å²) in [6, 6.07) is 10.5. The molecule has 1 saturated heterocycles. The van der Waals surface area contributed by atoms with Crippen LogP contribution < -0.4 is 5.32 Å². The second-order valence-electron chi connectivity index (χ2n) is 6.65. The quantitative estimate of drug-likeness (QED) is 0.783. The van der Waals surface area contributed by atoms with Crippen LogP contribution in [0.15, 0.2) is 47.1 Å². The van der Waals surface area contributed by atoms with Crippen LogP contribution in [0.5, 0.6) is 0 Å². The van der Waals surface area contributed by atoms with Crippen LogP contribution >= 0.6 is 0 Å². The molecule has 4 nitrogen and oxygen atoms in total. The number of furan rings is 1. The smallest absolute Gasteiger partial charge is 0.223 e. The van der Waals surface area contributed by atoms with Gasteiger partial charge < -0.3 is 9.73 Å². The highest BCUT2D eigenvalue weighted by Gasteiger charge is 2.24. The maximum absolute atomic E-state index is 12.9. The van der Waals surface area contributed by atoms with Gasteiger partial charge in [-0.05, 0) is 62.2 Å². The van der Waals surface area contributed by atoms with E-state index in [1.807, 2.05) is 24.3 Å². The molecule has 1 aliphatic heterocycles. The predicted octanol–water partition coefficient (Wildman–Crippen LogP) is 3.38. The van der Waals surface area contributed by atoms with Crippen molar-refractivity contribution in [2.45, 2.75) is 32.2 Å². The minimum atomic E-state index is -0.203. The van der Waals surface area contributed by atoms with Gasteiger partial charge in [-0.1, -0.05) is 12.1 Å². The average molecular weight is 344 g/mol. The largest absolute Gasteiger partial charge is 0.469 e. The first-order chi connectivity index (χ1) is 12.2. The van der Waals surface area contributed by atoms with Gasteiger partial charge in [0, 0.05) is 25.4 Å². The van der Waals surface area contributed by atoms with E-state index >= 15 is 0 Å². The first-order valence-electron chi connectivity index (χ1n) is 8.97. The molecule has 0 spiro atoms. The Morgan fingerprint density at radius 3 is 2.64 bits per heavy atom. The van der Waals surface area contributed by atoms with E-state index in [0.29, 0.717) is 6.54 Å². The molecule has 1 N–H and O–H groups in total. The zero-order valence-electron chi connectivity index (χ0n) is 14.4. The Bertz CT molecular complexity index is 647. The average Bonchev–Trinajstić information content (AvgIpc) is 3.15. The molecule has 0 saturated carbocycles. The second kappa shape index (κ2) is 8.81. The summed E-state index contributed by atoms with van der Waals surface area (Å²) < 4.78 is 18.2. The number of likely N-dealkylation sites (tertiary alicyclic amines) is 1. The van der Waals surface area contributed by atoms with Crippen molar-refractivity contribution in [2.24, 2.45) is 5.92 Å². The van der Waals surface area contributed by atoms with Gasteiger partial charge in [0.15, 0.2) is 0 Å². The summed E-state index contributed by atoms with van der Waals surface area (Å²) >= 11 is 0. The minimum absolute atomic E-state index is 0.105. The molecular formula is C20H25FN2O2. The lowest BCUT2D eigenvalue weighted by Gasteiger charge is -2.31. The van der Waals surface area contributed by atoms with Crippen molar-refractivity contribution in [1.29, 1.82) is 0 Å². The zero-order chi connectivity index (χ0) is 17.5.